The van der Waals surface area contributed by atoms with Crippen molar-refractivity contribution < 1.29 is 22.6 Å². The van der Waals surface area contributed by atoms with Gasteiger partial charge in [0.25, 0.3) is 10.0 Å². The summed E-state index contributed by atoms with van der Waals surface area (Å²) in [5, 5.41) is 3.91. The first-order valence-corrected chi connectivity index (χ1v) is 11.5. The number of methoxy groups -OCH3 is 2. The molecule has 0 saturated heterocycles. The van der Waals surface area contributed by atoms with Crippen LogP contribution in [0.4, 0.5) is 0 Å². The van der Waals surface area contributed by atoms with Gasteiger partial charge < -0.3 is 14.2 Å². The van der Waals surface area contributed by atoms with Gasteiger partial charge in [-0.1, -0.05) is 44.7 Å². The van der Waals surface area contributed by atoms with Gasteiger partial charge in [0.1, 0.15) is 22.1 Å². The molecule has 1 N–H and O–H groups in total. The molecule has 0 aliphatic rings. The monoisotopic (exact) mass is 434 g/mol. The van der Waals surface area contributed by atoms with Gasteiger partial charge in [-0.15, -0.1) is 0 Å². The summed E-state index contributed by atoms with van der Waals surface area (Å²) in [6.45, 7) is 2.80. The molecule has 0 atom stereocenters. The number of hydrogen-bond donors (Lipinski definition) is 1. The van der Waals surface area contributed by atoms with Crippen molar-refractivity contribution >= 4 is 16.2 Å². The molecule has 2 aromatic rings. The smallest absolute Gasteiger partial charge is 0.280 e. The largest absolute Gasteiger partial charge is 0.497 e. The second-order valence-electron chi connectivity index (χ2n) is 6.67. The SMILES string of the molecule is CCCCCCCOc1ccccc1/C=N/NS(=O)(=O)c1cc(OC)ccc1OC. The molecule has 0 aliphatic heterocycles. The van der Waals surface area contributed by atoms with Gasteiger partial charge in [-0.25, -0.2) is 0 Å². The molecule has 0 saturated carbocycles. The van der Waals surface area contributed by atoms with Crippen molar-refractivity contribution in [3.63, 3.8) is 0 Å². The van der Waals surface area contributed by atoms with Crippen LogP contribution in [0.15, 0.2) is 52.5 Å². The number of nitrogens with one attached hydrogen (secondary N) is 1. The molecule has 2 rings (SSSR count). The van der Waals surface area contributed by atoms with Crippen LogP contribution in [0, 0.1) is 0 Å². The highest BCUT2D eigenvalue weighted by Crippen LogP contribution is 2.28. The third kappa shape index (κ3) is 6.95. The molecule has 0 heterocycles. The topological polar surface area (TPSA) is 86.2 Å². The summed E-state index contributed by atoms with van der Waals surface area (Å²) < 4.78 is 41.4. The van der Waals surface area contributed by atoms with Gasteiger partial charge in [-0.3, -0.25) is 0 Å². The maximum absolute atomic E-state index is 12.7. The Labute approximate surface area is 179 Å². The fraction of sp³-hybridized carbons (Fsp3) is 0.409. The molecule has 0 fully saturated rings. The second-order valence-corrected chi connectivity index (χ2v) is 8.30. The summed E-state index contributed by atoms with van der Waals surface area (Å²) in [5.74, 6) is 1.26. The van der Waals surface area contributed by atoms with E-state index in [0.29, 0.717) is 23.7 Å². The van der Waals surface area contributed by atoms with E-state index in [-0.39, 0.29) is 10.6 Å². The minimum absolute atomic E-state index is 0.0573. The predicted octanol–water partition coefficient (Wildman–Crippen LogP) is 4.37. The normalized spacial score (nSPS) is 11.4. The number of rotatable bonds is 13. The van der Waals surface area contributed by atoms with Crippen molar-refractivity contribution in [3.05, 3.63) is 48.0 Å². The standard InChI is InChI=1S/C22H30N2O5S/c1-4-5-6-7-10-15-29-20-12-9-8-11-18(20)17-23-24-30(25,26)22-16-19(27-2)13-14-21(22)28-3/h8-9,11-14,16-17,24H,4-7,10,15H2,1-3H3/b23-17+. The van der Waals surface area contributed by atoms with E-state index in [4.69, 9.17) is 14.2 Å². The number of unbranched alkanes of at least 4 members (excludes halogenated alkanes) is 4. The zero-order valence-corrected chi connectivity index (χ0v) is 18.6. The summed E-state index contributed by atoms with van der Waals surface area (Å²) in [6, 6.07) is 11.9. The van der Waals surface area contributed by atoms with Crippen LogP contribution in [0.2, 0.25) is 0 Å². The zero-order valence-electron chi connectivity index (χ0n) is 17.8. The molecule has 7 nitrogen and oxygen atoms in total. The van der Waals surface area contributed by atoms with E-state index in [1.165, 1.54) is 51.8 Å². The van der Waals surface area contributed by atoms with Gasteiger partial charge in [-0.05, 0) is 30.7 Å². The van der Waals surface area contributed by atoms with E-state index in [1.54, 1.807) is 6.07 Å². The fourth-order valence-electron chi connectivity index (χ4n) is 2.81. The minimum Gasteiger partial charge on any atom is -0.497 e. The molecule has 0 aromatic heterocycles. The van der Waals surface area contributed by atoms with Gasteiger partial charge in [-0.2, -0.15) is 18.4 Å². The number of ether oxygens (including phenoxy) is 3. The second kappa shape index (κ2) is 12.1. The molecule has 0 unspecified atom stereocenters. The Morgan fingerprint density at radius 1 is 0.967 bits per heavy atom. The molecule has 0 bridgehead atoms. The average Bonchev–Trinajstić information content (AvgIpc) is 2.76. The summed E-state index contributed by atoms with van der Waals surface area (Å²) in [5.41, 5.74) is 0.686. The van der Waals surface area contributed by atoms with Crippen LogP contribution in [-0.2, 0) is 10.0 Å². The van der Waals surface area contributed by atoms with Gasteiger partial charge >= 0.3 is 0 Å². The molecule has 0 aliphatic carbocycles. The molecule has 0 radical (unpaired) electrons. The Morgan fingerprint density at radius 3 is 2.47 bits per heavy atom. The van der Waals surface area contributed by atoms with Gasteiger partial charge in [0, 0.05) is 11.6 Å². The summed E-state index contributed by atoms with van der Waals surface area (Å²) >= 11 is 0. The lowest BCUT2D eigenvalue weighted by Crippen LogP contribution is -2.19. The maximum atomic E-state index is 12.7. The molecular weight excluding hydrogens is 404 g/mol. The Hall–Kier alpha value is -2.74. The van der Waals surface area contributed by atoms with Crippen LogP contribution in [-0.4, -0.2) is 35.5 Å². The van der Waals surface area contributed by atoms with Crippen molar-refractivity contribution in [3.8, 4) is 17.2 Å². The summed E-state index contributed by atoms with van der Waals surface area (Å²) in [6.07, 6.45) is 7.19. The van der Waals surface area contributed by atoms with E-state index < -0.39 is 10.0 Å². The van der Waals surface area contributed by atoms with E-state index in [2.05, 4.69) is 16.9 Å². The highest BCUT2D eigenvalue weighted by molar-refractivity contribution is 7.89. The predicted molar refractivity (Wildman–Crippen MR) is 118 cm³/mol. The maximum Gasteiger partial charge on any atom is 0.280 e. The van der Waals surface area contributed by atoms with Crippen LogP contribution in [0.3, 0.4) is 0 Å². The van der Waals surface area contributed by atoms with E-state index in [9.17, 15) is 8.42 Å². The van der Waals surface area contributed by atoms with E-state index in [0.717, 1.165) is 12.8 Å². The van der Waals surface area contributed by atoms with Gasteiger partial charge in [0.15, 0.2) is 0 Å². The highest BCUT2D eigenvalue weighted by atomic mass is 32.2. The Bertz CT molecular complexity index is 929. The number of nitrogens with zero attached hydrogens (tertiary/aromatic N) is 1. The first-order chi connectivity index (χ1) is 14.5. The molecule has 30 heavy (non-hydrogen) atoms. The van der Waals surface area contributed by atoms with Crippen LogP contribution in [0.5, 0.6) is 17.2 Å². The fourth-order valence-corrected chi connectivity index (χ4v) is 3.79. The summed E-state index contributed by atoms with van der Waals surface area (Å²) in [4.78, 5) is 2.16. The Morgan fingerprint density at radius 2 is 1.73 bits per heavy atom. The van der Waals surface area contributed by atoms with E-state index in [1.807, 2.05) is 24.3 Å². The van der Waals surface area contributed by atoms with Crippen molar-refractivity contribution in [2.24, 2.45) is 5.10 Å². The lowest BCUT2D eigenvalue weighted by atomic mass is 10.2. The molecule has 0 amide bonds. The minimum atomic E-state index is -3.94. The molecule has 8 heteroatoms. The summed E-state index contributed by atoms with van der Waals surface area (Å²) in [7, 11) is -1.08. The van der Waals surface area contributed by atoms with Crippen molar-refractivity contribution in [2.75, 3.05) is 20.8 Å². The number of benzene rings is 2. The zero-order chi connectivity index (χ0) is 21.8. The number of hydrogen-bond acceptors (Lipinski definition) is 6. The van der Waals surface area contributed by atoms with Crippen molar-refractivity contribution in [2.45, 2.75) is 43.9 Å². The van der Waals surface area contributed by atoms with Crippen LogP contribution in [0.25, 0.3) is 0 Å². The number of para-hydroxylation sites is 1. The van der Waals surface area contributed by atoms with Gasteiger partial charge in [0.05, 0.1) is 27.0 Å². The third-order valence-corrected chi connectivity index (χ3v) is 5.71. The number of hydrazone groups is 1. The first-order valence-electron chi connectivity index (χ1n) is 10.0. The molecule has 164 valence electrons. The van der Waals surface area contributed by atoms with Crippen LogP contribution < -0.4 is 19.0 Å². The van der Waals surface area contributed by atoms with Crippen molar-refractivity contribution in [1.29, 1.82) is 0 Å². The third-order valence-electron chi connectivity index (χ3n) is 4.46. The lowest BCUT2D eigenvalue weighted by Gasteiger charge is -2.11. The molecule has 2 aromatic carbocycles. The highest BCUT2D eigenvalue weighted by Gasteiger charge is 2.20. The average molecular weight is 435 g/mol. The first kappa shape index (κ1) is 23.5. The van der Waals surface area contributed by atoms with Crippen LogP contribution >= 0.6 is 0 Å². The molecular formula is C22H30N2O5S. The van der Waals surface area contributed by atoms with Crippen LogP contribution in [0.1, 0.15) is 44.6 Å². The Balaban J connectivity index is 2.05. The molecule has 0 spiro atoms. The van der Waals surface area contributed by atoms with Gasteiger partial charge in [0.2, 0.25) is 0 Å². The Kier molecular flexibility index (Phi) is 9.47. The van der Waals surface area contributed by atoms with E-state index >= 15 is 0 Å². The van der Waals surface area contributed by atoms with Crippen molar-refractivity contribution in [1.82, 2.24) is 4.83 Å². The number of sulfonamides is 1. The quantitative estimate of drug-likeness (QED) is 0.287. The lowest BCUT2D eigenvalue weighted by molar-refractivity contribution is 0.304.